The van der Waals surface area contributed by atoms with E-state index in [0.717, 1.165) is 32.9 Å². The molecule has 168 valence electrons. The van der Waals surface area contributed by atoms with E-state index < -0.39 is 0 Å². The van der Waals surface area contributed by atoms with Gasteiger partial charge in [0.25, 0.3) is 5.91 Å². The SMILES string of the molecule is O=C(NCCc1ccc(Cl)cc1)c1cc2c([nH]c3ccccc32)c(-c2ccc3c(c2)OCO3)n1. The van der Waals surface area contributed by atoms with Crippen molar-refractivity contribution in [3.8, 4) is 22.8 Å². The maximum Gasteiger partial charge on any atom is 0.269 e. The second-order valence-electron chi connectivity index (χ2n) is 8.15. The molecule has 0 fully saturated rings. The molecule has 1 aliphatic heterocycles. The maximum atomic E-state index is 13.1. The number of hydrogen-bond donors (Lipinski definition) is 2. The van der Waals surface area contributed by atoms with E-state index in [1.54, 1.807) is 0 Å². The maximum absolute atomic E-state index is 13.1. The molecule has 0 saturated carbocycles. The fourth-order valence-electron chi connectivity index (χ4n) is 4.28. The van der Waals surface area contributed by atoms with Gasteiger partial charge < -0.3 is 19.8 Å². The summed E-state index contributed by atoms with van der Waals surface area (Å²) < 4.78 is 11.0. The summed E-state index contributed by atoms with van der Waals surface area (Å²) in [4.78, 5) is 21.4. The molecule has 0 radical (unpaired) electrons. The molecule has 2 N–H and O–H groups in total. The molecule has 3 aromatic carbocycles. The number of aromatic amines is 1. The standard InChI is InChI=1S/C27H20ClN3O3/c28-18-8-5-16(6-9-18)11-12-29-27(32)22-14-20-19-3-1-2-4-21(19)30-26(20)25(31-22)17-7-10-23-24(13-17)34-15-33-23/h1-10,13-14,30H,11-12,15H2,(H,29,32). The average Bonchev–Trinajstić information content (AvgIpc) is 3.48. The number of nitrogens with zero attached hydrogens (tertiary/aromatic N) is 1. The van der Waals surface area contributed by atoms with Crippen molar-refractivity contribution in [2.45, 2.75) is 6.42 Å². The van der Waals surface area contributed by atoms with Gasteiger partial charge in [-0.15, -0.1) is 0 Å². The summed E-state index contributed by atoms with van der Waals surface area (Å²) in [5, 5.41) is 5.68. The van der Waals surface area contributed by atoms with Crippen LogP contribution in [0.2, 0.25) is 5.02 Å². The van der Waals surface area contributed by atoms with Crippen LogP contribution in [0.15, 0.2) is 72.8 Å². The number of ether oxygens (including phenoxy) is 2. The Labute approximate surface area is 200 Å². The third kappa shape index (κ3) is 3.72. The normalized spacial score (nSPS) is 12.4. The first-order valence-corrected chi connectivity index (χ1v) is 11.4. The van der Waals surface area contributed by atoms with Crippen molar-refractivity contribution >= 4 is 39.3 Å². The minimum Gasteiger partial charge on any atom is -0.454 e. The summed E-state index contributed by atoms with van der Waals surface area (Å²) in [5.41, 5.74) is 4.86. The second-order valence-corrected chi connectivity index (χ2v) is 8.59. The van der Waals surface area contributed by atoms with Crippen LogP contribution in [0.4, 0.5) is 0 Å². The quantitative estimate of drug-likeness (QED) is 0.344. The lowest BCUT2D eigenvalue weighted by molar-refractivity contribution is 0.0949. The zero-order valence-corrected chi connectivity index (χ0v) is 18.9. The third-order valence-corrected chi connectivity index (χ3v) is 6.24. The predicted molar refractivity (Wildman–Crippen MR) is 133 cm³/mol. The molecule has 34 heavy (non-hydrogen) atoms. The van der Waals surface area contributed by atoms with Gasteiger partial charge in [-0.2, -0.15) is 0 Å². The molecule has 2 aromatic heterocycles. The molecule has 3 heterocycles. The smallest absolute Gasteiger partial charge is 0.269 e. The van der Waals surface area contributed by atoms with E-state index >= 15 is 0 Å². The number of halogens is 1. The van der Waals surface area contributed by atoms with Crippen LogP contribution >= 0.6 is 11.6 Å². The Morgan fingerprint density at radius 3 is 2.68 bits per heavy atom. The molecule has 0 atom stereocenters. The third-order valence-electron chi connectivity index (χ3n) is 5.99. The van der Waals surface area contributed by atoms with E-state index in [1.165, 1.54) is 0 Å². The van der Waals surface area contributed by atoms with Crippen molar-refractivity contribution < 1.29 is 14.3 Å². The van der Waals surface area contributed by atoms with Crippen LogP contribution < -0.4 is 14.8 Å². The number of hydrogen-bond acceptors (Lipinski definition) is 4. The van der Waals surface area contributed by atoms with Crippen LogP contribution in [0, 0.1) is 0 Å². The zero-order valence-electron chi connectivity index (χ0n) is 18.1. The van der Waals surface area contributed by atoms with Crippen LogP contribution in [-0.2, 0) is 6.42 Å². The first-order valence-electron chi connectivity index (χ1n) is 11.0. The van der Waals surface area contributed by atoms with Gasteiger partial charge in [-0.25, -0.2) is 4.98 Å². The van der Waals surface area contributed by atoms with Gasteiger partial charge in [0.15, 0.2) is 11.5 Å². The van der Waals surface area contributed by atoms with Gasteiger partial charge in [0.1, 0.15) is 5.69 Å². The van der Waals surface area contributed by atoms with Gasteiger partial charge in [-0.05, 0) is 54.4 Å². The first kappa shape index (κ1) is 20.6. The van der Waals surface area contributed by atoms with Crippen molar-refractivity contribution in [3.63, 3.8) is 0 Å². The molecule has 6 nitrogen and oxygen atoms in total. The number of aromatic nitrogens is 2. The number of amides is 1. The molecule has 0 bridgehead atoms. The highest BCUT2D eigenvalue weighted by Gasteiger charge is 2.20. The first-order chi connectivity index (χ1) is 16.7. The largest absolute Gasteiger partial charge is 0.454 e. The number of pyridine rings is 1. The van der Waals surface area contributed by atoms with Gasteiger partial charge in [-0.1, -0.05) is 41.9 Å². The van der Waals surface area contributed by atoms with Crippen LogP contribution in [0.1, 0.15) is 16.1 Å². The highest BCUT2D eigenvalue weighted by atomic mass is 35.5. The zero-order chi connectivity index (χ0) is 23.1. The number of fused-ring (bicyclic) bond motifs is 4. The molecular weight excluding hydrogens is 450 g/mol. The van der Waals surface area contributed by atoms with E-state index in [2.05, 4.69) is 10.3 Å². The summed E-state index contributed by atoms with van der Waals surface area (Å²) in [5.74, 6) is 1.15. The van der Waals surface area contributed by atoms with Crippen LogP contribution in [0.3, 0.4) is 0 Å². The van der Waals surface area contributed by atoms with Gasteiger partial charge >= 0.3 is 0 Å². The lowest BCUT2D eigenvalue weighted by atomic mass is 10.1. The minimum atomic E-state index is -0.219. The fraction of sp³-hybridized carbons (Fsp3) is 0.111. The molecule has 0 aliphatic carbocycles. The summed E-state index contributed by atoms with van der Waals surface area (Å²) in [6.07, 6.45) is 0.702. The number of nitrogens with one attached hydrogen (secondary N) is 2. The van der Waals surface area contributed by atoms with Crippen LogP contribution in [0.5, 0.6) is 11.5 Å². The number of carbonyl (C=O) groups excluding carboxylic acids is 1. The molecule has 1 amide bonds. The fourth-order valence-corrected chi connectivity index (χ4v) is 4.40. The second kappa shape index (κ2) is 8.39. The number of rotatable bonds is 5. The molecule has 0 unspecified atom stereocenters. The van der Waals surface area contributed by atoms with Gasteiger partial charge in [0, 0.05) is 33.4 Å². The molecule has 6 rings (SSSR count). The molecule has 0 saturated heterocycles. The van der Waals surface area contributed by atoms with Gasteiger partial charge in [-0.3, -0.25) is 4.79 Å². The van der Waals surface area contributed by atoms with E-state index in [4.69, 9.17) is 26.1 Å². The molecular formula is C27H20ClN3O3. The Morgan fingerprint density at radius 1 is 0.971 bits per heavy atom. The Bertz CT molecular complexity index is 1540. The Morgan fingerprint density at radius 2 is 1.79 bits per heavy atom. The monoisotopic (exact) mass is 469 g/mol. The predicted octanol–water partition coefficient (Wildman–Crippen LogP) is 5.74. The molecule has 0 spiro atoms. The average molecular weight is 470 g/mol. The van der Waals surface area contributed by atoms with Crippen LogP contribution in [-0.4, -0.2) is 29.2 Å². The van der Waals surface area contributed by atoms with E-state index in [1.807, 2.05) is 72.8 Å². The van der Waals surface area contributed by atoms with E-state index in [0.29, 0.717) is 40.9 Å². The van der Waals surface area contributed by atoms with Crippen molar-refractivity contribution in [2.75, 3.05) is 13.3 Å². The number of H-pyrrole nitrogens is 1. The summed E-state index contributed by atoms with van der Waals surface area (Å²) in [6.45, 7) is 0.692. The van der Waals surface area contributed by atoms with E-state index in [9.17, 15) is 4.79 Å². The van der Waals surface area contributed by atoms with Crippen molar-refractivity contribution in [1.82, 2.24) is 15.3 Å². The van der Waals surface area contributed by atoms with Crippen molar-refractivity contribution in [3.05, 3.63) is 89.1 Å². The highest BCUT2D eigenvalue weighted by Crippen LogP contribution is 2.38. The Kier molecular flexibility index (Phi) is 5.08. The van der Waals surface area contributed by atoms with E-state index in [-0.39, 0.29) is 12.7 Å². The Hall–Kier alpha value is -4.03. The molecule has 1 aliphatic rings. The Balaban J connectivity index is 1.37. The lowest BCUT2D eigenvalue weighted by Gasteiger charge is -2.09. The minimum absolute atomic E-state index is 0.198. The lowest BCUT2D eigenvalue weighted by Crippen LogP contribution is -2.26. The summed E-state index contributed by atoms with van der Waals surface area (Å²) in [6, 6.07) is 23.2. The number of carbonyl (C=O) groups is 1. The van der Waals surface area contributed by atoms with Crippen LogP contribution in [0.25, 0.3) is 33.1 Å². The van der Waals surface area contributed by atoms with Gasteiger partial charge in [0.05, 0.1) is 11.2 Å². The van der Waals surface area contributed by atoms with Gasteiger partial charge in [0.2, 0.25) is 6.79 Å². The number of para-hydroxylation sites is 1. The summed E-state index contributed by atoms with van der Waals surface area (Å²) in [7, 11) is 0. The summed E-state index contributed by atoms with van der Waals surface area (Å²) >= 11 is 5.96. The topological polar surface area (TPSA) is 76.2 Å². The highest BCUT2D eigenvalue weighted by molar-refractivity contribution is 6.30. The van der Waals surface area contributed by atoms with Crippen molar-refractivity contribution in [2.24, 2.45) is 0 Å². The molecule has 7 heteroatoms. The molecule has 5 aromatic rings. The van der Waals surface area contributed by atoms with Crippen molar-refractivity contribution in [1.29, 1.82) is 0 Å². The number of benzene rings is 3.